The highest BCUT2D eigenvalue weighted by Crippen LogP contribution is 2.36. The van der Waals surface area contributed by atoms with Gasteiger partial charge >= 0.3 is 0 Å². The first-order valence-electron chi connectivity index (χ1n) is 5.85. The largest absolute Gasteiger partial charge is 0.326 e. The third-order valence-electron chi connectivity index (χ3n) is 3.50. The van der Waals surface area contributed by atoms with Crippen LogP contribution in [0.3, 0.4) is 0 Å². The van der Waals surface area contributed by atoms with Crippen molar-refractivity contribution in [3.05, 3.63) is 29.3 Å². The Morgan fingerprint density at radius 2 is 2.06 bits per heavy atom. The molecule has 0 aromatic heterocycles. The Morgan fingerprint density at radius 3 is 2.76 bits per heavy atom. The monoisotopic (exact) mass is 230 g/mol. The van der Waals surface area contributed by atoms with Crippen LogP contribution in [0.2, 0.25) is 0 Å². The molecule has 1 saturated carbocycles. The maximum atomic E-state index is 12.1. The van der Waals surface area contributed by atoms with E-state index in [9.17, 15) is 9.59 Å². The summed E-state index contributed by atoms with van der Waals surface area (Å²) >= 11 is 0. The molecule has 2 aliphatic rings. The minimum atomic E-state index is -0.619. The van der Waals surface area contributed by atoms with Crippen LogP contribution in [0.5, 0.6) is 0 Å². The number of aryl methyl sites for hydroxylation is 1. The van der Waals surface area contributed by atoms with Crippen molar-refractivity contribution < 1.29 is 9.59 Å². The molecule has 4 heteroatoms. The van der Waals surface area contributed by atoms with Gasteiger partial charge in [0.05, 0.1) is 5.54 Å². The number of carbonyl (C=O) groups is 2. The van der Waals surface area contributed by atoms with Gasteiger partial charge < -0.3 is 11.1 Å². The summed E-state index contributed by atoms with van der Waals surface area (Å²) in [6.07, 6.45) is 2.73. The summed E-state index contributed by atoms with van der Waals surface area (Å²) in [7, 11) is 0. The standard InChI is InChI=1S/C13H14N2O2/c14-13(5-6-13)12(17)9-1-3-10-8(7-9)2-4-11(16)15-10/h1,3,7H,2,4-6,14H2,(H,15,16). The Balaban J connectivity index is 1.93. The minimum absolute atomic E-state index is 0.0252. The summed E-state index contributed by atoms with van der Waals surface area (Å²) in [4.78, 5) is 23.3. The Labute approximate surface area is 99.2 Å². The van der Waals surface area contributed by atoms with Crippen molar-refractivity contribution in [1.82, 2.24) is 0 Å². The van der Waals surface area contributed by atoms with E-state index in [4.69, 9.17) is 5.73 Å². The third kappa shape index (κ3) is 1.74. The fraction of sp³-hybridized carbons (Fsp3) is 0.385. The lowest BCUT2D eigenvalue weighted by atomic mass is 9.96. The van der Waals surface area contributed by atoms with Gasteiger partial charge in [-0.2, -0.15) is 0 Å². The highest BCUT2D eigenvalue weighted by molar-refractivity contribution is 6.06. The number of rotatable bonds is 2. The Bertz CT molecular complexity index is 518. The number of anilines is 1. The van der Waals surface area contributed by atoms with Crippen LogP contribution in [-0.4, -0.2) is 17.2 Å². The van der Waals surface area contributed by atoms with Gasteiger partial charge in [0.2, 0.25) is 5.91 Å². The van der Waals surface area contributed by atoms with E-state index in [2.05, 4.69) is 5.32 Å². The number of carbonyl (C=O) groups excluding carboxylic acids is 2. The zero-order chi connectivity index (χ0) is 12.0. The van der Waals surface area contributed by atoms with Gasteiger partial charge in [-0.15, -0.1) is 0 Å². The summed E-state index contributed by atoms with van der Waals surface area (Å²) in [6, 6.07) is 5.41. The lowest BCUT2D eigenvalue weighted by Gasteiger charge is -2.18. The maximum absolute atomic E-state index is 12.1. The Morgan fingerprint density at radius 1 is 1.29 bits per heavy atom. The van der Waals surface area contributed by atoms with Gasteiger partial charge in [0.1, 0.15) is 0 Å². The van der Waals surface area contributed by atoms with Crippen LogP contribution in [0.25, 0.3) is 0 Å². The van der Waals surface area contributed by atoms with Gasteiger partial charge in [0.25, 0.3) is 0 Å². The van der Waals surface area contributed by atoms with Gasteiger partial charge in [-0.25, -0.2) is 0 Å². The zero-order valence-electron chi connectivity index (χ0n) is 9.45. The first-order valence-corrected chi connectivity index (χ1v) is 5.85. The van der Waals surface area contributed by atoms with Gasteiger partial charge in [-0.1, -0.05) is 0 Å². The molecule has 1 fully saturated rings. The number of fused-ring (bicyclic) bond motifs is 1. The predicted octanol–water partition coefficient (Wildman–Crippen LogP) is 1.25. The number of amides is 1. The SMILES string of the molecule is NC1(C(=O)c2ccc3c(c2)CCC(=O)N3)CC1. The van der Waals surface area contributed by atoms with E-state index in [-0.39, 0.29) is 11.7 Å². The minimum Gasteiger partial charge on any atom is -0.326 e. The fourth-order valence-electron chi connectivity index (χ4n) is 2.17. The molecule has 1 amide bonds. The first-order chi connectivity index (χ1) is 8.08. The highest BCUT2D eigenvalue weighted by atomic mass is 16.1. The summed E-state index contributed by atoms with van der Waals surface area (Å²) in [5, 5.41) is 2.80. The van der Waals surface area contributed by atoms with Gasteiger partial charge in [-0.05, 0) is 43.0 Å². The van der Waals surface area contributed by atoms with Crippen molar-refractivity contribution in [2.45, 2.75) is 31.2 Å². The van der Waals surface area contributed by atoms with Crippen LogP contribution in [0.1, 0.15) is 35.2 Å². The van der Waals surface area contributed by atoms with Gasteiger partial charge in [-0.3, -0.25) is 9.59 Å². The molecule has 0 atom stereocenters. The molecule has 3 N–H and O–H groups in total. The first kappa shape index (κ1) is 10.5. The van der Waals surface area contributed by atoms with E-state index in [1.54, 1.807) is 12.1 Å². The Kier molecular flexibility index (Phi) is 2.10. The highest BCUT2D eigenvalue weighted by Gasteiger charge is 2.46. The van der Waals surface area contributed by atoms with Crippen LogP contribution in [-0.2, 0) is 11.2 Å². The molecule has 17 heavy (non-hydrogen) atoms. The van der Waals surface area contributed by atoms with E-state index in [1.807, 2.05) is 6.07 Å². The normalized spacial score (nSPS) is 20.4. The quantitative estimate of drug-likeness (QED) is 0.751. The number of nitrogens with two attached hydrogens (primary N) is 1. The van der Waals surface area contributed by atoms with Crippen molar-refractivity contribution in [3.8, 4) is 0 Å². The molecular formula is C13H14N2O2. The van der Waals surface area contributed by atoms with Crippen molar-refractivity contribution in [2.24, 2.45) is 5.73 Å². The summed E-state index contributed by atoms with van der Waals surface area (Å²) in [5.74, 6) is 0.0614. The van der Waals surface area contributed by atoms with E-state index in [0.29, 0.717) is 18.4 Å². The lowest BCUT2D eigenvalue weighted by Crippen LogP contribution is -2.33. The zero-order valence-corrected chi connectivity index (χ0v) is 9.45. The fourth-order valence-corrected chi connectivity index (χ4v) is 2.17. The topological polar surface area (TPSA) is 72.2 Å². The second-order valence-electron chi connectivity index (χ2n) is 4.91. The van der Waals surface area contributed by atoms with E-state index >= 15 is 0 Å². The van der Waals surface area contributed by atoms with E-state index in [0.717, 1.165) is 24.1 Å². The summed E-state index contributed by atoms with van der Waals surface area (Å²) in [5.41, 5.74) is 7.80. The number of hydrogen-bond acceptors (Lipinski definition) is 3. The number of benzene rings is 1. The molecule has 88 valence electrons. The van der Waals surface area contributed by atoms with E-state index < -0.39 is 5.54 Å². The lowest BCUT2D eigenvalue weighted by molar-refractivity contribution is -0.116. The molecule has 4 nitrogen and oxygen atoms in total. The van der Waals surface area contributed by atoms with Gasteiger partial charge in [0, 0.05) is 17.7 Å². The molecule has 0 spiro atoms. The second-order valence-corrected chi connectivity index (χ2v) is 4.91. The van der Waals surface area contributed by atoms with Crippen molar-refractivity contribution in [1.29, 1.82) is 0 Å². The third-order valence-corrected chi connectivity index (χ3v) is 3.50. The molecule has 0 unspecified atom stereocenters. The summed E-state index contributed by atoms with van der Waals surface area (Å²) < 4.78 is 0. The molecule has 0 bridgehead atoms. The second kappa shape index (κ2) is 3.40. The van der Waals surface area contributed by atoms with Crippen molar-refractivity contribution in [2.75, 3.05) is 5.32 Å². The van der Waals surface area contributed by atoms with Crippen molar-refractivity contribution >= 4 is 17.4 Å². The van der Waals surface area contributed by atoms with Crippen LogP contribution in [0.4, 0.5) is 5.69 Å². The van der Waals surface area contributed by atoms with Gasteiger partial charge in [0.15, 0.2) is 5.78 Å². The molecule has 3 rings (SSSR count). The molecule has 1 heterocycles. The number of Topliss-reactive ketones (excluding diaryl/α,β-unsaturated/α-hetero) is 1. The average Bonchev–Trinajstić information content (AvgIpc) is 3.07. The smallest absolute Gasteiger partial charge is 0.224 e. The van der Waals surface area contributed by atoms with Crippen LogP contribution < -0.4 is 11.1 Å². The Hall–Kier alpha value is -1.68. The summed E-state index contributed by atoms with van der Waals surface area (Å²) in [6.45, 7) is 0. The number of nitrogens with one attached hydrogen (secondary N) is 1. The molecule has 0 radical (unpaired) electrons. The van der Waals surface area contributed by atoms with Crippen LogP contribution in [0, 0.1) is 0 Å². The van der Waals surface area contributed by atoms with E-state index in [1.165, 1.54) is 0 Å². The van der Waals surface area contributed by atoms with Crippen LogP contribution >= 0.6 is 0 Å². The molecule has 1 aromatic rings. The predicted molar refractivity (Wildman–Crippen MR) is 63.9 cm³/mol. The number of hydrogen-bond donors (Lipinski definition) is 2. The van der Waals surface area contributed by atoms with Crippen LogP contribution in [0.15, 0.2) is 18.2 Å². The molecule has 0 saturated heterocycles. The molecule has 1 aliphatic carbocycles. The molecular weight excluding hydrogens is 216 g/mol. The van der Waals surface area contributed by atoms with Crippen molar-refractivity contribution in [3.63, 3.8) is 0 Å². The number of ketones is 1. The molecule has 1 aromatic carbocycles. The maximum Gasteiger partial charge on any atom is 0.224 e. The molecule has 1 aliphatic heterocycles. The average molecular weight is 230 g/mol.